The zero-order chi connectivity index (χ0) is 17.8. The normalized spacial score (nSPS) is 24.8. The maximum Gasteiger partial charge on any atom is 0.226 e. The topological polar surface area (TPSA) is 48.0 Å². The van der Waals surface area contributed by atoms with E-state index in [1.807, 2.05) is 35.2 Å². The monoisotopic (exact) mass is 359 g/mol. The SMILES string of the molecule is O=C(CCOc1ccccc1)N1CCC2(CC1)CC(OCC1CC1)CO2. The van der Waals surface area contributed by atoms with Gasteiger partial charge in [-0.1, -0.05) is 18.2 Å². The molecule has 0 aromatic heterocycles. The summed E-state index contributed by atoms with van der Waals surface area (Å²) in [5, 5.41) is 0. The molecular formula is C21H29NO4. The number of likely N-dealkylation sites (tertiary alicyclic amines) is 1. The summed E-state index contributed by atoms with van der Waals surface area (Å²) in [6, 6.07) is 9.64. The first-order chi connectivity index (χ1) is 12.7. The van der Waals surface area contributed by atoms with Gasteiger partial charge in [0, 0.05) is 26.1 Å². The van der Waals surface area contributed by atoms with Gasteiger partial charge in [-0.2, -0.15) is 0 Å². The number of hydrogen-bond acceptors (Lipinski definition) is 4. The Morgan fingerprint density at radius 3 is 2.69 bits per heavy atom. The van der Waals surface area contributed by atoms with Gasteiger partial charge < -0.3 is 19.1 Å². The molecule has 1 saturated carbocycles. The summed E-state index contributed by atoms with van der Waals surface area (Å²) in [7, 11) is 0. The molecule has 2 heterocycles. The second-order valence-corrected chi connectivity index (χ2v) is 7.89. The molecule has 5 nitrogen and oxygen atoms in total. The quantitative estimate of drug-likeness (QED) is 0.751. The first-order valence-corrected chi connectivity index (χ1v) is 9.94. The van der Waals surface area contributed by atoms with Gasteiger partial charge in [0.1, 0.15) is 5.75 Å². The van der Waals surface area contributed by atoms with Crippen molar-refractivity contribution in [2.45, 2.75) is 50.2 Å². The van der Waals surface area contributed by atoms with Crippen molar-refractivity contribution in [3.05, 3.63) is 30.3 Å². The van der Waals surface area contributed by atoms with Crippen molar-refractivity contribution in [3.63, 3.8) is 0 Å². The Bertz CT molecular complexity index is 593. The van der Waals surface area contributed by atoms with Crippen molar-refractivity contribution >= 4 is 5.91 Å². The van der Waals surface area contributed by atoms with Crippen LogP contribution in [0.25, 0.3) is 0 Å². The van der Waals surface area contributed by atoms with E-state index in [2.05, 4.69) is 0 Å². The molecule has 0 bridgehead atoms. The van der Waals surface area contributed by atoms with Crippen LogP contribution >= 0.6 is 0 Å². The van der Waals surface area contributed by atoms with E-state index in [1.165, 1.54) is 12.8 Å². The molecule has 0 N–H and O–H groups in total. The fraction of sp³-hybridized carbons (Fsp3) is 0.667. The smallest absolute Gasteiger partial charge is 0.226 e. The van der Waals surface area contributed by atoms with Gasteiger partial charge in [0.25, 0.3) is 0 Å². The molecule has 3 aliphatic rings. The molecule has 5 heteroatoms. The van der Waals surface area contributed by atoms with Gasteiger partial charge in [0.05, 0.1) is 31.3 Å². The first kappa shape index (κ1) is 17.8. The van der Waals surface area contributed by atoms with Crippen molar-refractivity contribution in [2.24, 2.45) is 5.92 Å². The van der Waals surface area contributed by atoms with Crippen molar-refractivity contribution in [3.8, 4) is 5.75 Å². The Morgan fingerprint density at radius 1 is 1.19 bits per heavy atom. The van der Waals surface area contributed by atoms with Crippen LogP contribution in [-0.2, 0) is 14.3 Å². The zero-order valence-electron chi connectivity index (χ0n) is 15.4. The minimum atomic E-state index is -0.0640. The lowest BCUT2D eigenvalue weighted by atomic mass is 9.88. The van der Waals surface area contributed by atoms with E-state index >= 15 is 0 Å². The van der Waals surface area contributed by atoms with Gasteiger partial charge >= 0.3 is 0 Å². The number of hydrogen-bond donors (Lipinski definition) is 0. The highest BCUT2D eigenvalue weighted by Gasteiger charge is 2.44. The van der Waals surface area contributed by atoms with Crippen molar-refractivity contribution < 1.29 is 19.0 Å². The third kappa shape index (κ3) is 4.57. The van der Waals surface area contributed by atoms with Gasteiger partial charge in [0.15, 0.2) is 0 Å². The average Bonchev–Trinajstić information content (AvgIpc) is 3.43. The summed E-state index contributed by atoms with van der Waals surface area (Å²) >= 11 is 0. The summed E-state index contributed by atoms with van der Waals surface area (Å²) < 4.78 is 17.8. The fourth-order valence-corrected chi connectivity index (χ4v) is 3.91. The second kappa shape index (κ2) is 7.97. The Balaban J connectivity index is 1.16. The van der Waals surface area contributed by atoms with Crippen LogP contribution in [0.4, 0.5) is 0 Å². The minimum absolute atomic E-state index is 0.0640. The Hall–Kier alpha value is -1.59. The molecule has 1 aromatic carbocycles. The van der Waals surface area contributed by atoms with Crippen LogP contribution in [-0.4, -0.2) is 55.4 Å². The maximum absolute atomic E-state index is 12.4. The van der Waals surface area contributed by atoms with Gasteiger partial charge in [-0.3, -0.25) is 4.79 Å². The molecule has 4 rings (SSSR count). The lowest BCUT2D eigenvalue weighted by molar-refractivity contribution is -0.136. The molecule has 1 atom stereocenters. The number of benzene rings is 1. The number of nitrogens with zero attached hydrogens (tertiary/aromatic N) is 1. The third-order valence-electron chi connectivity index (χ3n) is 5.79. The summed E-state index contributed by atoms with van der Waals surface area (Å²) in [6.07, 6.45) is 6.14. The summed E-state index contributed by atoms with van der Waals surface area (Å²) in [5.41, 5.74) is -0.0640. The summed E-state index contributed by atoms with van der Waals surface area (Å²) in [5.74, 6) is 1.79. The van der Waals surface area contributed by atoms with Crippen LogP contribution in [0.2, 0.25) is 0 Å². The van der Waals surface area contributed by atoms with Crippen LogP contribution in [0.5, 0.6) is 5.75 Å². The Labute approximate surface area is 155 Å². The highest BCUT2D eigenvalue weighted by Crippen LogP contribution is 2.38. The van der Waals surface area contributed by atoms with E-state index in [0.29, 0.717) is 19.6 Å². The summed E-state index contributed by atoms with van der Waals surface area (Å²) in [6.45, 7) is 3.60. The highest BCUT2D eigenvalue weighted by molar-refractivity contribution is 5.76. The fourth-order valence-electron chi connectivity index (χ4n) is 3.91. The van der Waals surface area contributed by atoms with Gasteiger partial charge in [0.2, 0.25) is 5.91 Å². The third-order valence-corrected chi connectivity index (χ3v) is 5.79. The zero-order valence-corrected chi connectivity index (χ0v) is 15.4. The molecule has 142 valence electrons. The average molecular weight is 359 g/mol. The lowest BCUT2D eigenvalue weighted by Gasteiger charge is -2.38. The first-order valence-electron chi connectivity index (χ1n) is 9.94. The van der Waals surface area contributed by atoms with Crippen molar-refractivity contribution in [1.82, 2.24) is 4.90 Å². The van der Waals surface area contributed by atoms with Crippen LogP contribution in [0.3, 0.4) is 0 Å². The molecule has 1 amide bonds. The number of ether oxygens (including phenoxy) is 3. The predicted octanol–water partition coefficient (Wildman–Crippen LogP) is 3.03. The van der Waals surface area contributed by atoms with Crippen LogP contribution in [0.15, 0.2) is 30.3 Å². The molecule has 3 fully saturated rings. The van der Waals surface area contributed by atoms with E-state index in [9.17, 15) is 4.79 Å². The minimum Gasteiger partial charge on any atom is -0.493 e. The number of rotatable bonds is 7. The Kier molecular flexibility index (Phi) is 5.46. The predicted molar refractivity (Wildman–Crippen MR) is 98.1 cm³/mol. The van der Waals surface area contributed by atoms with E-state index in [0.717, 1.165) is 50.6 Å². The highest BCUT2D eigenvalue weighted by atomic mass is 16.6. The lowest BCUT2D eigenvalue weighted by Crippen LogP contribution is -2.46. The number of amides is 1. The second-order valence-electron chi connectivity index (χ2n) is 7.89. The molecule has 2 aliphatic heterocycles. The van der Waals surface area contributed by atoms with E-state index in [1.54, 1.807) is 0 Å². The van der Waals surface area contributed by atoms with Crippen molar-refractivity contribution in [2.75, 3.05) is 32.9 Å². The number of piperidine rings is 1. The summed E-state index contributed by atoms with van der Waals surface area (Å²) in [4.78, 5) is 14.4. The Morgan fingerprint density at radius 2 is 1.96 bits per heavy atom. The number of para-hydroxylation sites is 1. The van der Waals surface area contributed by atoms with E-state index in [-0.39, 0.29) is 17.6 Å². The van der Waals surface area contributed by atoms with Gasteiger partial charge in [-0.15, -0.1) is 0 Å². The standard InChI is InChI=1S/C21H29NO4/c23-20(8-13-24-18-4-2-1-3-5-18)22-11-9-21(10-12-22)14-19(16-26-21)25-15-17-6-7-17/h1-5,17,19H,6-16H2. The van der Waals surface area contributed by atoms with Crippen LogP contribution in [0, 0.1) is 5.92 Å². The largest absolute Gasteiger partial charge is 0.493 e. The molecule has 26 heavy (non-hydrogen) atoms. The molecule has 1 aliphatic carbocycles. The molecule has 1 unspecified atom stereocenters. The molecule has 1 spiro atoms. The van der Waals surface area contributed by atoms with Crippen LogP contribution in [0.1, 0.15) is 38.5 Å². The van der Waals surface area contributed by atoms with E-state index < -0.39 is 0 Å². The number of carbonyl (C=O) groups excluding carboxylic acids is 1. The molecular weight excluding hydrogens is 330 g/mol. The van der Waals surface area contributed by atoms with Gasteiger partial charge in [-0.25, -0.2) is 0 Å². The van der Waals surface area contributed by atoms with Crippen molar-refractivity contribution in [1.29, 1.82) is 0 Å². The molecule has 1 aromatic rings. The number of carbonyl (C=O) groups is 1. The van der Waals surface area contributed by atoms with E-state index in [4.69, 9.17) is 14.2 Å². The van der Waals surface area contributed by atoms with Gasteiger partial charge in [-0.05, 0) is 43.7 Å². The molecule has 0 radical (unpaired) electrons. The molecule has 2 saturated heterocycles. The maximum atomic E-state index is 12.4. The van der Waals surface area contributed by atoms with Crippen LogP contribution < -0.4 is 4.74 Å².